The van der Waals surface area contributed by atoms with E-state index in [1.54, 1.807) is 6.07 Å². The number of amides is 1. The Kier molecular flexibility index (Phi) is 5.59. The standard InChI is InChI=1S/C22H23FN2O2S/c1-24-12-15-10-11-25(13-15)22(26)21-17(14-27-16-6-3-2-4-7-16)20-18(23)8-5-9-19(20)28-21/h2-9,15,24H,10-14H2,1H3. The van der Waals surface area contributed by atoms with E-state index in [1.165, 1.54) is 17.4 Å². The van der Waals surface area contributed by atoms with Gasteiger partial charge in [0.15, 0.2) is 0 Å². The summed E-state index contributed by atoms with van der Waals surface area (Å²) < 4.78 is 21.3. The SMILES string of the molecule is CNCC1CCN(C(=O)c2sc3cccc(F)c3c2COc2ccccc2)C1. The number of rotatable bonds is 6. The van der Waals surface area contributed by atoms with Crippen molar-refractivity contribution in [2.75, 3.05) is 26.7 Å². The molecule has 0 spiro atoms. The highest BCUT2D eigenvalue weighted by Gasteiger charge is 2.30. The van der Waals surface area contributed by atoms with Crippen LogP contribution in [0, 0.1) is 11.7 Å². The summed E-state index contributed by atoms with van der Waals surface area (Å²) in [6.45, 7) is 2.53. The molecular weight excluding hydrogens is 375 g/mol. The number of likely N-dealkylation sites (tertiary alicyclic amines) is 1. The average molecular weight is 399 g/mol. The van der Waals surface area contributed by atoms with Gasteiger partial charge in [0.25, 0.3) is 5.91 Å². The van der Waals surface area contributed by atoms with Crippen LogP contribution in [-0.4, -0.2) is 37.5 Å². The molecule has 1 aliphatic rings. The van der Waals surface area contributed by atoms with Gasteiger partial charge in [0, 0.05) is 28.7 Å². The Morgan fingerprint density at radius 1 is 1.25 bits per heavy atom. The molecule has 1 unspecified atom stereocenters. The molecule has 0 bridgehead atoms. The second-order valence-electron chi connectivity index (χ2n) is 7.09. The zero-order chi connectivity index (χ0) is 19.5. The molecule has 1 atom stereocenters. The van der Waals surface area contributed by atoms with Crippen LogP contribution in [0.15, 0.2) is 48.5 Å². The van der Waals surface area contributed by atoms with Crippen molar-refractivity contribution >= 4 is 27.3 Å². The summed E-state index contributed by atoms with van der Waals surface area (Å²) in [5, 5.41) is 3.68. The molecule has 0 radical (unpaired) electrons. The molecular formula is C22H23FN2O2S. The van der Waals surface area contributed by atoms with Gasteiger partial charge in [-0.1, -0.05) is 24.3 Å². The number of para-hydroxylation sites is 1. The van der Waals surface area contributed by atoms with Crippen LogP contribution in [0.4, 0.5) is 4.39 Å². The third-order valence-corrected chi connectivity index (χ3v) is 6.34. The molecule has 0 aliphatic carbocycles. The highest BCUT2D eigenvalue weighted by molar-refractivity contribution is 7.21. The Labute approximate surface area is 167 Å². The molecule has 1 N–H and O–H groups in total. The molecule has 4 nitrogen and oxygen atoms in total. The Morgan fingerprint density at radius 2 is 2.07 bits per heavy atom. The van der Waals surface area contributed by atoms with Gasteiger partial charge >= 0.3 is 0 Å². The minimum Gasteiger partial charge on any atom is -0.489 e. The van der Waals surface area contributed by atoms with Gasteiger partial charge in [-0.25, -0.2) is 4.39 Å². The largest absolute Gasteiger partial charge is 0.489 e. The van der Waals surface area contributed by atoms with Gasteiger partial charge in [-0.2, -0.15) is 0 Å². The van der Waals surface area contributed by atoms with Crippen LogP contribution in [0.25, 0.3) is 10.1 Å². The van der Waals surface area contributed by atoms with E-state index in [4.69, 9.17) is 4.74 Å². The second kappa shape index (κ2) is 8.29. The van der Waals surface area contributed by atoms with E-state index in [1.807, 2.05) is 48.3 Å². The molecule has 3 aromatic rings. The zero-order valence-corrected chi connectivity index (χ0v) is 16.6. The van der Waals surface area contributed by atoms with Crippen molar-refractivity contribution in [2.24, 2.45) is 5.92 Å². The fourth-order valence-corrected chi connectivity index (χ4v) is 4.96. The predicted octanol–water partition coefficient (Wildman–Crippen LogP) is 4.30. The lowest BCUT2D eigenvalue weighted by molar-refractivity contribution is 0.0789. The Morgan fingerprint density at radius 3 is 2.86 bits per heavy atom. The topological polar surface area (TPSA) is 41.6 Å². The third kappa shape index (κ3) is 3.75. The lowest BCUT2D eigenvalue weighted by Gasteiger charge is -2.17. The maximum Gasteiger partial charge on any atom is 0.264 e. The molecule has 1 saturated heterocycles. The maximum atomic E-state index is 14.6. The normalized spacial score (nSPS) is 16.6. The van der Waals surface area contributed by atoms with Gasteiger partial charge in [0.05, 0.1) is 4.88 Å². The van der Waals surface area contributed by atoms with Crippen LogP contribution >= 0.6 is 11.3 Å². The molecule has 1 fully saturated rings. The van der Waals surface area contributed by atoms with Crippen molar-refractivity contribution in [1.82, 2.24) is 10.2 Å². The van der Waals surface area contributed by atoms with Crippen molar-refractivity contribution in [2.45, 2.75) is 13.0 Å². The predicted molar refractivity (Wildman–Crippen MR) is 110 cm³/mol. The summed E-state index contributed by atoms with van der Waals surface area (Å²) in [4.78, 5) is 15.7. The van der Waals surface area contributed by atoms with Gasteiger partial charge in [-0.3, -0.25) is 4.79 Å². The van der Waals surface area contributed by atoms with Crippen molar-refractivity contribution in [3.63, 3.8) is 0 Å². The minimum absolute atomic E-state index is 0.0223. The van der Waals surface area contributed by atoms with E-state index >= 15 is 0 Å². The number of carbonyl (C=O) groups is 1. The van der Waals surface area contributed by atoms with Gasteiger partial charge < -0.3 is 15.0 Å². The number of nitrogens with zero attached hydrogens (tertiary/aromatic N) is 1. The number of carbonyl (C=O) groups excluding carboxylic acids is 1. The number of hydrogen-bond donors (Lipinski definition) is 1. The molecule has 28 heavy (non-hydrogen) atoms. The summed E-state index contributed by atoms with van der Waals surface area (Å²) in [7, 11) is 1.93. The van der Waals surface area contributed by atoms with Gasteiger partial charge in [-0.05, 0) is 50.2 Å². The Bertz CT molecular complexity index is 973. The molecule has 1 aliphatic heterocycles. The van der Waals surface area contributed by atoms with Crippen molar-refractivity contribution in [3.05, 3.63) is 64.8 Å². The number of ether oxygens (including phenoxy) is 1. The first kappa shape index (κ1) is 18.9. The highest BCUT2D eigenvalue weighted by atomic mass is 32.1. The number of fused-ring (bicyclic) bond motifs is 1. The van der Waals surface area contributed by atoms with Gasteiger partial charge in [0.1, 0.15) is 18.2 Å². The fourth-order valence-electron chi connectivity index (χ4n) is 3.77. The lowest BCUT2D eigenvalue weighted by atomic mass is 10.1. The van der Waals surface area contributed by atoms with Crippen molar-refractivity contribution < 1.29 is 13.9 Å². The van der Waals surface area contributed by atoms with Crippen LogP contribution in [0.5, 0.6) is 5.75 Å². The summed E-state index contributed by atoms with van der Waals surface area (Å²) in [6.07, 6.45) is 0.988. The van der Waals surface area contributed by atoms with Gasteiger partial charge in [-0.15, -0.1) is 11.3 Å². The number of thiophene rings is 1. The molecule has 6 heteroatoms. The van der Waals surface area contributed by atoms with E-state index in [-0.39, 0.29) is 18.3 Å². The van der Waals surface area contributed by atoms with E-state index in [0.717, 1.165) is 30.8 Å². The summed E-state index contributed by atoms with van der Waals surface area (Å²) in [6, 6.07) is 14.4. The third-order valence-electron chi connectivity index (χ3n) is 5.15. The first-order chi connectivity index (χ1) is 13.7. The number of hydrogen-bond acceptors (Lipinski definition) is 4. The van der Waals surface area contributed by atoms with E-state index in [2.05, 4.69) is 5.32 Å². The molecule has 0 saturated carbocycles. The molecule has 146 valence electrons. The zero-order valence-electron chi connectivity index (χ0n) is 15.8. The quantitative estimate of drug-likeness (QED) is 0.673. The maximum absolute atomic E-state index is 14.6. The fraction of sp³-hybridized carbons (Fsp3) is 0.318. The van der Waals surface area contributed by atoms with Crippen molar-refractivity contribution in [1.29, 1.82) is 0 Å². The van der Waals surface area contributed by atoms with E-state index < -0.39 is 0 Å². The minimum atomic E-state index is -0.311. The van der Waals surface area contributed by atoms with Gasteiger partial charge in [0.2, 0.25) is 0 Å². The van der Waals surface area contributed by atoms with Crippen LogP contribution < -0.4 is 10.1 Å². The second-order valence-corrected chi connectivity index (χ2v) is 8.14. The Balaban J connectivity index is 1.65. The Hall–Kier alpha value is -2.44. The summed E-state index contributed by atoms with van der Waals surface area (Å²) in [5.74, 6) is 0.829. The number of nitrogens with one attached hydrogen (secondary N) is 1. The van der Waals surface area contributed by atoms with Crippen LogP contribution in [0.2, 0.25) is 0 Å². The van der Waals surface area contributed by atoms with E-state index in [9.17, 15) is 9.18 Å². The molecule has 1 amide bonds. The molecule has 2 heterocycles. The number of halogens is 1. The molecule has 2 aromatic carbocycles. The monoisotopic (exact) mass is 398 g/mol. The lowest BCUT2D eigenvalue weighted by Crippen LogP contribution is -2.30. The van der Waals surface area contributed by atoms with Crippen LogP contribution in [0.1, 0.15) is 21.7 Å². The average Bonchev–Trinajstić information content (AvgIpc) is 3.32. The van der Waals surface area contributed by atoms with E-state index in [0.29, 0.717) is 27.5 Å². The first-order valence-corrected chi connectivity index (χ1v) is 10.3. The summed E-state index contributed by atoms with van der Waals surface area (Å²) in [5.41, 5.74) is 0.643. The van der Waals surface area contributed by atoms with Crippen molar-refractivity contribution in [3.8, 4) is 5.75 Å². The van der Waals surface area contributed by atoms with Crippen LogP contribution in [0.3, 0.4) is 0 Å². The summed E-state index contributed by atoms with van der Waals surface area (Å²) >= 11 is 1.36. The van der Waals surface area contributed by atoms with Crippen LogP contribution in [-0.2, 0) is 6.61 Å². The first-order valence-electron chi connectivity index (χ1n) is 9.49. The molecule has 1 aromatic heterocycles. The molecule has 4 rings (SSSR count). The smallest absolute Gasteiger partial charge is 0.264 e. The number of benzene rings is 2. The highest BCUT2D eigenvalue weighted by Crippen LogP contribution is 2.35.